The molecule has 0 aromatic heterocycles. The lowest BCUT2D eigenvalue weighted by Gasteiger charge is -2.16. The molecule has 0 spiro atoms. The van der Waals surface area contributed by atoms with Crippen molar-refractivity contribution < 1.29 is 9.18 Å². The number of urea groups is 1. The van der Waals surface area contributed by atoms with Gasteiger partial charge in [0.15, 0.2) is 0 Å². The largest absolute Gasteiger partial charge is 0.327 e. The summed E-state index contributed by atoms with van der Waals surface area (Å²) in [6.07, 6.45) is 0.243. The van der Waals surface area contributed by atoms with Gasteiger partial charge < -0.3 is 10.2 Å². The number of benzene rings is 1. The monoisotopic (exact) mass is 299 g/mol. The molecule has 1 aromatic carbocycles. The summed E-state index contributed by atoms with van der Waals surface area (Å²) >= 11 is 3.13. The lowest BCUT2D eigenvalue weighted by Crippen LogP contribution is -2.32. The van der Waals surface area contributed by atoms with Crippen LogP contribution in [0.3, 0.4) is 0 Å². The van der Waals surface area contributed by atoms with Gasteiger partial charge in [-0.1, -0.05) is 15.9 Å². The molecule has 0 fully saturated rings. The molecular formula is C11H11BrFN3O. The van der Waals surface area contributed by atoms with Crippen LogP contribution in [0.1, 0.15) is 6.42 Å². The molecule has 0 aliphatic heterocycles. The summed E-state index contributed by atoms with van der Waals surface area (Å²) in [7, 11) is 1.55. The van der Waals surface area contributed by atoms with Crippen LogP contribution in [0.2, 0.25) is 0 Å². The Balaban J connectivity index is 2.65. The number of nitrogens with one attached hydrogen (secondary N) is 1. The zero-order valence-corrected chi connectivity index (χ0v) is 10.8. The van der Waals surface area contributed by atoms with Crippen LogP contribution in [0.4, 0.5) is 14.9 Å². The lowest BCUT2D eigenvalue weighted by atomic mass is 10.3. The number of carbonyl (C=O) groups excluding carboxylic acids is 1. The van der Waals surface area contributed by atoms with Crippen LogP contribution in [-0.4, -0.2) is 24.5 Å². The van der Waals surface area contributed by atoms with Gasteiger partial charge in [0.05, 0.1) is 18.2 Å². The second-order valence-corrected chi connectivity index (χ2v) is 4.30. The number of nitriles is 1. The van der Waals surface area contributed by atoms with Gasteiger partial charge >= 0.3 is 6.03 Å². The molecule has 4 nitrogen and oxygen atoms in total. The first kappa shape index (κ1) is 13.5. The van der Waals surface area contributed by atoms with Gasteiger partial charge in [-0.15, -0.1) is 0 Å². The normalized spacial score (nSPS) is 9.53. The molecule has 6 heteroatoms. The average Bonchev–Trinajstić information content (AvgIpc) is 2.29. The first-order chi connectivity index (χ1) is 8.04. The minimum atomic E-state index is -0.513. The Morgan fingerprint density at radius 3 is 2.94 bits per heavy atom. The Morgan fingerprint density at radius 1 is 1.65 bits per heavy atom. The molecule has 0 radical (unpaired) electrons. The maximum Gasteiger partial charge on any atom is 0.321 e. The molecule has 0 unspecified atom stereocenters. The van der Waals surface area contributed by atoms with Gasteiger partial charge in [-0.2, -0.15) is 5.26 Å². The number of rotatable bonds is 3. The van der Waals surface area contributed by atoms with E-state index in [1.54, 1.807) is 13.1 Å². The van der Waals surface area contributed by atoms with E-state index in [1.807, 2.05) is 6.07 Å². The number of amides is 2. The molecule has 1 rings (SSSR count). The molecule has 0 aliphatic carbocycles. The van der Waals surface area contributed by atoms with Crippen molar-refractivity contribution in [2.45, 2.75) is 6.42 Å². The fourth-order valence-electron chi connectivity index (χ4n) is 1.12. The molecular weight excluding hydrogens is 289 g/mol. The number of anilines is 1. The van der Waals surface area contributed by atoms with Crippen LogP contribution < -0.4 is 5.32 Å². The predicted molar refractivity (Wildman–Crippen MR) is 66.0 cm³/mol. The molecule has 17 heavy (non-hydrogen) atoms. The summed E-state index contributed by atoms with van der Waals surface area (Å²) < 4.78 is 14.0. The first-order valence-electron chi connectivity index (χ1n) is 4.88. The Kier molecular flexibility index (Phi) is 4.91. The number of carbonyl (C=O) groups is 1. The number of halogens is 2. The summed E-state index contributed by atoms with van der Waals surface area (Å²) in [4.78, 5) is 12.9. The van der Waals surface area contributed by atoms with Crippen molar-refractivity contribution in [1.29, 1.82) is 5.26 Å². The smallest absolute Gasteiger partial charge is 0.321 e. The molecule has 2 amide bonds. The zero-order chi connectivity index (χ0) is 12.8. The molecule has 0 bridgehead atoms. The highest BCUT2D eigenvalue weighted by Gasteiger charge is 2.11. The van der Waals surface area contributed by atoms with E-state index in [0.717, 1.165) is 0 Å². The third-order valence-electron chi connectivity index (χ3n) is 2.08. The Bertz CT molecular complexity index is 459. The van der Waals surface area contributed by atoms with Gasteiger partial charge in [-0.3, -0.25) is 0 Å². The maximum absolute atomic E-state index is 13.4. The minimum Gasteiger partial charge on any atom is -0.327 e. The van der Waals surface area contributed by atoms with Gasteiger partial charge in [0, 0.05) is 18.1 Å². The maximum atomic E-state index is 13.4. The van der Waals surface area contributed by atoms with Crippen LogP contribution in [0.25, 0.3) is 0 Å². The van der Waals surface area contributed by atoms with Crippen LogP contribution in [-0.2, 0) is 0 Å². The van der Waals surface area contributed by atoms with E-state index in [0.29, 0.717) is 11.0 Å². The molecule has 1 N–H and O–H groups in total. The van der Waals surface area contributed by atoms with E-state index < -0.39 is 11.8 Å². The molecule has 0 saturated carbocycles. The lowest BCUT2D eigenvalue weighted by molar-refractivity contribution is 0.223. The van der Waals surface area contributed by atoms with Gasteiger partial charge in [-0.05, 0) is 18.2 Å². The molecule has 0 aliphatic rings. The van der Waals surface area contributed by atoms with E-state index in [9.17, 15) is 9.18 Å². The number of hydrogen-bond donors (Lipinski definition) is 1. The summed E-state index contributed by atoms with van der Waals surface area (Å²) in [5.41, 5.74) is 0.113. The van der Waals surface area contributed by atoms with Crippen molar-refractivity contribution in [3.8, 4) is 6.07 Å². The zero-order valence-electron chi connectivity index (χ0n) is 9.20. The fourth-order valence-corrected chi connectivity index (χ4v) is 1.45. The fraction of sp³-hybridized carbons (Fsp3) is 0.273. The molecule has 0 heterocycles. The van der Waals surface area contributed by atoms with Crippen LogP contribution in [0, 0.1) is 17.1 Å². The summed E-state index contributed by atoms with van der Waals surface area (Å²) in [6, 6.07) is 5.86. The number of nitrogens with zero attached hydrogens (tertiary/aromatic N) is 2. The van der Waals surface area contributed by atoms with Crippen molar-refractivity contribution in [3.63, 3.8) is 0 Å². The van der Waals surface area contributed by atoms with Gasteiger partial charge in [0.25, 0.3) is 0 Å². The van der Waals surface area contributed by atoms with Crippen molar-refractivity contribution in [2.75, 3.05) is 18.9 Å². The van der Waals surface area contributed by atoms with Crippen molar-refractivity contribution in [1.82, 2.24) is 4.90 Å². The SMILES string of the molecule is CN(CCC#N)C(=O)Nc1ccc(Br)cc1F. The Labute approximate surface area is 107 Å². The van der Waals surface area contributed by atoms with Crippen LogP contribution >= 0.6 is 15.9 Å². The Hall–Kier alpha value is -1.61. The van der Waals surface area contributed by atoms with E-state index in [4.69, 9.17) is 5.26 Å². The van der Waals surface area contributed by atoms with Gasteiger partial charge in [0.2, 0.25) is 0 Å². The first-order valence-corrected chi connectivity index (χ1v) is 5.68. The summed E-state index contributed by atoms with van der Waals surface area (Å²) in [6.45, 7) is 0.306. The second kappa shape index (κ2) is 6.21. The highest BCUT2D eigenvalue weighted by Crippen LogP contribution is 2.19. The highest BCUT2D eigenvalue weighted by molar-refractivity contribution is 9.10. The van der Waals surface area contributed by atoms with E-state index in [2.05, 4.69) is 21.2 Å². The third kappa shape index (κ3) is 4.04. The highest BCUT2D eigenvalue weighted by atomic mass is 79.9. The summed E-state index contributed by atoms with van der Waals surface area (Å²) in [5, 5.41) is 10.8. The van der Waals surface area contributed by atoms with Crippen molar-refractivity contribution in [3.05, 3.63) is 28.5 Å². The van der Waals surface area contributed by atoms with Crippen LogP contribution in [0.15, 0.2) is 22.7 Å². The average molecular weight is 300 g/mol. The number of hydrogen-bond acceptors (Lipinski definition) is 2. The quantitative estimate of drug-likeness (QED) is 0.933. The summed E-state index contributed by atoms with van der Waals surface area (Å²) in [5.74, 6) is -0.513. The van der Waals surface area contributed by atoms with Crippen molar-refractivity contribution in [2.24, 2.45) is 0 Å². The van der Waals surface area contributed by atoms with E-state index in [-0.39, 0.29) is 12.1 Å². The predicted octanol–water partition coefficient (Wildman–Crippen LogP) is 2.97. The molecule has 90 valence electrons. The van der Waals surface area contributed by atoms with Gasteiger partial charge in [0.1, 0.15) is 5.82 Å². The second-order valence-electron chi connectivity index (χ2n) is 3.38. The third-order valence-corrected chi connectivity index (χ3v) is 2.57. The molecule has 0 atom stereocenters. The van der Waals surface area contributed by atoms with Crippen molar-refractivity contribution >= 4 is 27.6 Å². The minimum absolute atomic E-state index is 0.113. The topological polar surface area (TPSA) is 56.1 Å². The van der Waals surface area contributed by atoms with Crippen LogP contribution in [0.5, 0.6) is 0 Å². The standard InChI is InChI=1S/C11H11BrFN3O/c1-16(6-2-5-14)11(17)15-10-4-3-8(12)7-9(10)13/h3-4,7H,2,6H2,1H3,(H,15,17). The molecule has 1 aromatic rings. The Morgan fingerprint density at radius 2 is 2.35 bits per heavy atom. The molecule has 0 saturated heterocycles. The van der Waals surface area contributed by atoms with E-state index in [1.165, 1.54) is 17.0 Å². The van der Waals surface area contributed by atoms with E-state index >= 15 is 0 Å². The van der Waals surface area contributed by atoms with Gasteiger partial charge in [-0.25, -0.2) is 9.18 Å².